The summed E-state index contributed by atoms with van der Waals surface area (Å²) in [4.78, 5) is 62.1. The maximum Gasteiger partial charge on any atom is 0.347 e. The SMILES string of the molecule is CCCCCCCCCCCCOc1ccc(-c2nc3cc(-c4nc5cc(C(=O)N6CCCCCC6=O)ccc5c(=O)o4)ccc3c(=O)o2)cc1. The Labute approximate surface area is 296 Å². The molecule has 10 nitrogen and oxygen atoms in total. The van der Waals surface area contributed by atoms with E-state index in [9.17, 15) is 19.2 Å². The second-order valence-corrected chi connectivity index (χ2v) is 13.3. The molecule has 6 rings (SSSR count). The van der Waals surface area contributed by atoms with Gasteiger partial charge >= 0.3 is 11.3 Å². The fourth-order valence-corrected chi connectivity index (χ4v) is 6.48. The molecule has 0 atom stereocenters. The van der Waals surface area contributed by atoms with Gasteiger partial charge in [0.2, 0.25) is 17.7 Å². The molecule has 1 aliphatic rings. The number of nitrogens with zero attached hydrogens (tertiary/aromatic N) is 3. The lowest BCUT2D eigenvalue weighted by atomic mass is 10.1. The van der Waals surface area contributed by atoms with E-state index in [1.165, 1.54) is 74.5 Å². The fraction of sp³-hybridized carbons (Fsp3) is 0.415. The maximum absolute atomic E-state index is 13.2. The Kier molecular flexibility index (Phi) is 12.0. The van der Waals surface area contributed by atoms with E-state index in [-0.39, 0.29) is 39.5 Å². The summed E-state index contributed by atoms with van der Waals surface area (Å²) < 4.78 is 17.0. The average Bonchev–Trinajstić information content (AvgIpc) is 3.37. The normalized spacial score (nSPS) is 13.5. The zero-order valence-corrected chi connectivity index (χ0v) is 29.3. The number of amides is 2. The van der Waals surface area contributed by atoms with Crippen LogP contribution in [0.3, 0.4) is 0 Å². The highest BCUT2D eigenvalue weighted by molar-refractivity contribution is 6.06. The number of imide groups is 1. The van der Waals surface area contributed by atoms with Gasteiger partial charge in [0, 0.05) is 29.7 Å². The molecule has 1 saturated heterocycles. The lowest BCUT2D eigenvalue weighted by Crippen LogP contribution is -2.36. The minimum Gasteiger partial charge on any atom is -0.494 e. The molecular weight excluding hydrogens is 646 g/mol. The molecule has 2 amide bonds. The Morgan fingerprint density at radius 3 is 1.96 bits per heavy atom. The van der Waals surface area contributed by atoms with Gasteiger partial charge in [-0.3, -0.25) is 14.5 Å². The molecule has 5 aromatic rings. The monoisotopic (exact) mass is 691 g/mol. The highest BCUT2D eigenvalue weighted by Gasteiger charge is 2.25. The Hall–Kier alpha value is -5.12. The van der Waals surface area contributed by atoms with Gasteiger partial charge in [-0.1, -0.05) is 71.1 Å². The van der Waals surface area contributed by atoms with Gasteiger partial charge in [-0.15, -0.1) is 0 Å². The summed E-state index contributed by atoms with van der Waals surface area (Å²) in [6.45, 7) is 3.26. The van der Waals surface area contributed by atoms with Crippen molar-refractivity contribution in [2.75, 3.05) is 13.2 Å². The number of rotatable bonds is 15. The molecule has 0 N–H and O–H groups in total. The summed E-state index contributed by atoms with van der Waals surface area (Å²) in [5.41, 5.74) is 0.708. The standard InChI is InChI=1S/C41H45N3O7/c1-2-3-4-5-6-7-8-9-10-14-25-49-31-20-16-28(17-21-31)37-42-34-26-29(18-22-32(34)40(47)50-37)38-43-35-27-30(19-23-33(35)41(48)51-38)39(46)44-24-13-11-12-15-36(44)45/h16-23,26-27H,2-15,24-25H2,1H3. The molecule has 0 radical (unpaired) electrons. The van der Waals surface area contributed by atoms with E-state index in [1.54, 1.807) is 30.3 Å². The first-order valence-corrected chi connectivity index (χ1v) is 18.4. The molecule has 2 aromatic heterocycles. The first-order chi connectivity index (χ1) is 24.9. The predicted octanol–water partition coefficient (Wildman–Crippen LogP) is 8.87. The molecule has 51 heavy (non-hydrogen) atoms. The molecular formula is C41H45N3O7. The minimum atomic E-state index is -0.628. The van der Waals surface area contributed by atoms with Crippen LogP contribution in [-0.2, 0) is 4.79 Å². The fourth-order valence-electron chi connectivity index (χ4n) is 6.48. The Morgan fingerprint density at radius 1 is 0.686 bits per heavy atom. The smallest absolute Gasteiger partial charge is 0.347 e. The van der Waals surface area contributed by atoms with Crippen molar-refractivity contribution in [3.05, 3.63) is 87.1 Å². The third-order valence-electron chi connectivity index (χ3n) is 9.44. The quantitative estimate of drug-likeness (QED) is 0.0780. The van der Waals surface area contributed by atoms with E-state index in [4.69, 9.17) is 13.6 Å². The summed E-state index contributed by atoms with van der Waals surface area (Å²) in [6.07, 6.45) is 15.4. The highest BCUT2D eigenvalue weighted by Crippen LogP contribution is 2.26. The molecule has 1 aliphatic heterocycles. The Balaban J connectivity index is 1.13. The van der Waals surface area contributed by atoms with Gasteiger partial charge in [-0.2, -0.15) is 0 Å². The Morgan fingerprint density at radius 2 is 1.27 bits per heavy atom. The lowest BCUT2D eigenvalue weighted by Gasteiger charge is -2.18. The number of fused-ring (bicyclic) bond motifs is 2. The zero-order chi connectivity index (χ0) is 35.6. The third-order valence-corrected chi connectivity index (χ3v) is 9.44. The van der Waals surface area contributed by atoms with Crippen molar-refractivity contribution in [2.24, 2.45) is 0 Å². The van der Waals surface area contributed by atoms with Crippen molar-refractivity contribution in [1.82, 2.24) is 14.9 Å². The second-order valence-electron chi connectivity index (χ2n) is 13.3. The van der Waals surface area contributed by atoms with Crippen LogP contribution in [0.2, 0.25) is 0 Å². The van der Waals surface area contributed by atoms with Crippen LogP contribution in [0.15, 0.2) is 79.1 Å². The van der Waals surface area contributed by atoms with E-state index < -0.39 is 17.2 Å². The minimum absolute atomic E-state index is 0.00495. The molecule has 0 saturated carbocycles. The number of carbonyl (C=O) groups is 2. The van der Waals surface area contributed by atoms with Gasteiger partial charge in [0.15, 0.2) is 0 Å². The van der Waals surface area contributed by atoms with E-state index >= 15 is 0 Å². The molecule has 266 valence electrons. The van der Waals surface area contributed by atoms with Crippen molar-refractivity contribution in [3.8, 4) is 28.7 Å². The topological polar surface area (TPSA) is 133 Å². The van der Waals surface area contributed by atoms with Crippen LogP contribution in [0.4, 0.5) is 0 Å². The number of ether oxygens (including phenoxy) is 1. The van der Waals surface area contributed by atoms with Crippen LogP contribution in [0.5, 0.6) is 5.75 Å². The van der Waals surface area contributed by atoms with Crippen LogP contribution in [-0.4, -0.2) is 39.8 Å². The summed E-state index contributed by atoms with van der Waals surface area (Å²) in [6, 6.07) is 16.5. The van der Waals surface area contributed by atoms with Gasteiger partial charge in [0.1, 0.15) is 5.75 Å². The van der Waals surface area contributed by atoms with Crippen LogP contribution in [0.25, 0.3) is 44.7 Å². The predicted molar refractivity (Wildman–Crippen MR) is 197 cm³/mol. The number of aromatic nitrogens is 2. The molecule has 0 aliphatic carbocycles. The first-order valence-electron chi connectivity index (χ1n) is 18.4. The first kappa shape index (κ1) is 35.7. The molecule has 0 spiro atoms. The number of unbranched alkanes of at least 4 members (excludes halogenated alkanes) is 9. The van der Waals surface area contributed by atoms with Gasteiger partial charge in [-0.05, 0) is 79.9 Å². The largest absolute Gasteiger partial charge is 0.494 e. The zero-order valence-electron chi connectivity index (χ0n) is 29.3. The molecule has 0 unspecified atom stereocenters. The molecule has 0 bridgehead atoms. The average molecular weight is 692 g/mol. The van der Waals surface area contributed by atoms with E-state index in [2.05, 4.69) is 16.9 Å². The van der Waals surface area contributed by atoms with E-state index in [0.29, 0.717) is 36.2 Å². The molecule has 10 heteroatoms. The van der Waals surface area contributed by atoms with Crippen molar-refractivity contribution in [2.45, 2.75) is 96.8 Å². The number of benzene rings is 3. The summed E-state index contributed by atoms with van der Waals surface area (Å²) >= 11 is 0. The molecule has 1 fully saturated rings. The van der Waals surface area contributed by atoms with E-state index in [0.717, 1.165) is 37.9 Å². The van der Waals surface area contributed by atoms with Crippen LogP contribution in [0.1, 0.15) is 107 Å². The van der Waals surface area contributed by atoms with Gasteiger partial charge in [-0.25, -0.2) is 19.6 Å². The summed E-state index contributed by atoms with van der Waals surface area (Å²) in [5, 5.41) is 0.465. The van der Waals surface area contributed by atoms with Crippen LogP contribution in [0, 0.1) is 0 Å². The number of hydrogen-bond acceptors (Lipinski definition) is 9. The van der Waals surface area contributed by atoms with Gasteiger partial charge < -0.3 is 13.6 Å². The molecule has 3 heterocycles. The summed E-state index contributed by atoms with van der Waals surface area (Å²) in [5.74, 6) is 0.272. The number of likely N-dealkylation sites (tertiary alicyclic amines) is 1. The van der Waals surface area contributed by atoms with Crippen molar-refractivity contribution >= 4 is 33.6 Å². The van der Waals surface area contributed by atoms with Crippen LogP contribution < -0.4 is 16.0 Å². The van der Waals surface area contributed by atoms with Gasteiger partial charge in [0.25, 0.3) is 5.91 Å². The van der Waals surface area contributed by atoms with Gasteiger partial charge in [0.05, 0.1) is 28.4 Å². The molecule has 3 aromatic carbocycles. The van der Waals surface area contributed by atoms with E-state index in [1.807, 2.05) is 12.1 Å². The lowest BCUT2D eigenvalue weighted by molar-refractivity contribution is -0.128. The third kappa shape index (κ3) is 8.98. The van der Waals surface area contributed by atoms with Crippen molar-refractivity contribution in [3.63, 3.8) is 0 Å². The summed E-state index contributed by atoms with van der Waals surface area (Å²) in [7, 11) is 0. The van der Waals surface area contributed by atoms with Crippen molar-refractivity contribution < 1.29 is 23.2 Å². The van der Waals surface area contributed by atoms with Crippen LogP contribution >= 0.6 is 0 Å². The van der Waals surface area contributed by atoms with Crippen molar-refractivity contribution in [1.29, 1.82) is 0 Å². The maximum atomic E-state index is 13.2. The Bertz CT molecular complexity index is 2100. The second kappa shape index (κ2) is 17.2. The highest BCUT2D eigenvalue weighted by atomic mass is 16.5. The number of carbonyl (C=O) groups excluding carboxylic acids is 2. The number of hydrogen-bond donors (Lipinski definition) is 0.